The molecule has 5 nitrogen and oxygen atoms in total. The van der Waals surface area contributed by atoms with Gasteiger partial charge in [0.15, 0.2) is 9.84 Å². The van der Waals surface area contributed by atoms with Crippen molar-refractivity contribution in [2.75, 3.05) is 37.7 Å². The predicted octanol–water partition coefficient (Wildman–Crippen LogP) is 0.981. The molecule has 1 N–H and O–H groups in total. The molecule has 0 radical (unpaired) electrons. The second kappa shape index (κ2) is 6.86. The summed E-state index contributed by atoms with van der Waals surface area (Å²) in [5.74, 6) is 0.0509. The van der Waals surface area contributed by atoms with E-state index < -0.39 is 21.6 Å². The van der Waals surface area contributed by atoms with Crippen molar-refractivity contribution in [2.45, 2.75) is 24.8 Å². The van der Waals surface area contributed by atoms with Crippen molar-refractivity contribution < 1.29 is 26.7 Å². The minimum Gasteiger partial charge on any atom is -0.395 e. The smallest absolute Gasteiger partial charge is 0.395 e. The molecule has 0 aliphatic carbocycles. The molecule has 9 heteroatoms. The lowest BCUT2D eigenvalue weighted by Crippen LogP contribution is -2.59. The quantitative estimate of drug-likeness (QED) is 0.847. The number of sulfone groups is 1. The summed E-state index contributed by atoms with van der Waals surface area (Å²) in [5.41, 5.74) is -0.173. The van der Waals surface area contributed by atoms with E-state index in [1.807, 2.05) is 9.80 Å². The van der Waals surface area contributed by atoms with Crippen LogP contribution in [0, 0.1) is 0 Å². The summed E-state index contributed by atoms with van der Waals surface area (Å²) in [6, 6.07) is 4.71. The molecule has 0 aromatic heterocycles. The number of nitrogens with zero attached hydrogens (tertiary/aromatic N) is 2. The number of halogens is 3. The van der Waals surface area contributed by atoms with E-state index in [0.29, 0.717) is 25.2 Å². The number of benzene rings is 1. The summed E-state index contributed by atoms with van der Waals surface area (Å²) in [6.45, 7) is 1.81. The fourth-order valence-corrected chi connectivity index (χ4v) is 5.82. The second-order valence-electron chi connectivity index (χ2n) is 6.64. The Balaban J connectivity index is 1.79. The third-order valence-electron chi connectivity index (χ3n) is 4.93. The molecule has 1 aromatic rings. The first-order valence-corrected chi connectivity index (χ1v) is 9.97. The average Bonchev–Trinajstić information content (AvgIpc) is 2.85. The Kier molecular flexibility index (Phi) is 5.11. The lowest BCUT2D eigenvalue weighted by atomic mass is 10.0. The minimum absolute atomic E-state index is 0.0125. The first-order valence-electron chi connectivity index (χ1n) is 8.15. The third kappa shape index (κ3) is 4.16. The minimum atomic E-state index is -4.39. The standard InChI is InChI=1S/C16H21F3N2O3S/c17-16(18,19)13-3-1-2-12(8-13)9-21-5-4-20(6-7-22)14-10-25(23,24)11-15(14)21/h1-3,8,14-15,22H,4-7,9-11H2/t14-,15+/m1/s1. The molecule has 3 rings (SSSR count). The molecule has 2 heterocycles. The van der Waals surface area contributed by atoms with E-state index in [-0.39, 0.29) is 36.7 Å². The monoisotopic (exact) mass is 378 g/mol. The number of hydrogen-bond acceptors (Lipinski definition) is 5. The van der Waals surface area contributed by atoms with Gasteiger partial charge in [-0.15, -0.1) is 0 Å². The number of β-amino-alcohol motifs (C(OH)–C–C–N with tert-alkyl or cyclic N) is 1. The molecule has 0 amide bonds. The summed E-state index contributed by atoms with van der Waals surface area (Å²) in [4.78, 5) is 3.93. The van der Waals surface area contributed by atoms with Crippen LogP contribution in [0.15, 0.2) is 24.3 Å². The van der Waals surface area contributed by atoms with Crippen molar-refractivity contribution in [3.63, 3.8) is 0 Å². The third-order valence-corrected chi connectivity index (χ3v) is 6.63. The van der Waals surface area contributed by atoms with Crippen LogP contribution in [0.3, 0.4) is 0 Å². The van der Waals surface area contributed by atoms with Crippen molar-refractivity contribution >= 4 is 9.84 Å². The van der Waals surface area contributed by atoms with Gasteiger partial charge in [0.2, 0.25) is 0 Å². The number of aliphatic hydroxyl groups excluding tert-OH is 1. The van der Waals surface area contributed by atoms with Crippen LogP contribution >= 0.6 is 0 Å². The van der Waals surface area contributed by atoms with Gasteiger partial charge in [0.05, 0.1) is 23.7 Å². The zero-order chi connectivity index (χ0) is 18.2. The molecule has 0 unspecified atom stereocenters. The molecule has 1 aromatic carbocycles. The molecule has 2 atom stereocenters. The lowest BCUT2D eigenvalue weighted by Gasteiger charge is -2.43. The van der Waals surface area contributed by atoms with Crippen LogP contribution in [0.2, 0.25) is 0 Å². The normalized spacial score (nSPS) is 27.4. The maximum atomic E-state index is 12.9. The molecule has 0 bridgehead atoms. The van der Waals surface area contributed by atoms with E-state index in [0.717, 1.165) is 12.1 Å². The Hall–Kier alpha value is -1.16. The van der Waals surface area contributed by atoms with Crippen molar-refractivity contribution in [3.8, 4) is 0 Å². The molecule has 140 valence electrons. The Morgan fingerprint density at radius 1 is 1.12 bits per heavy atom. The van der Waals surface area contributed by atoms with E-state index in [1.165, 1.54) is 6.07 Å². The topological polar surface area (TPSA) is 60.9 Å². The highest BCUT2D eigenvalue weighted by Crippen LogP contribution is 2.31. The lowest BCUT2D eigenvalue weighted by molar-refractivity contribution is -0.137. The number of piperazine rings is 1. The molecule has 0 saturated carbocycles. The van der Waals surface area contributed by atoms with Crippen LogP contribution in [0.4, 0.5) is 13.2 Å². The number of rotatable bonds is 4. The van der Waals surface area contributed by atoms with Crippen LogP contribution in [0.5, 0.6) is 0 Å². The van der Waals surface area contributed by atoms with Crippen LogP contribution in [-0.4, -0.2) is 73.2 Å². The number of aliphatic hydroxyl groups is 1. The largest absolute Gasteiger partial charge is 0.416 e. The number of fused-ring (bicyclic) bond motifs is 1. The van der Waals surface area contributed by atoms with Gasteiger partial charge in [0, 0.05) is 38.3 Å². The Morgan fingerprint density at radius 3 is 2.40 bits per heavy atom. The Bertz CT molecular complexity index is 724. The van der Waals surface area contributed by atoms with Crippen LogP contribution in [0.1, 0.15) is 11.1 Å². The Labute approximate surface area is 145 Å². The van der Waals surface area contributed by atoms with E-state index in [1.54, 1.807) is 6.07 Å². The van der Waals surface area contributed by atoms with Gasteiger partial charge >= 0.3 is 6.18 Å². The number of hydrogen-bond donors (Lipinski definition) is 1. The molecule has 0 spiro atoms. The highest BCUT2D eigenvalue weighted by atomic mass is 32.2. The first-order chi connectivity index (χ1) is 11.7. The van der Waals surface area contributed by atoms with Crippen molar-refractivity contribution in [2.24, 2.45) is 0 Å². The molecule has 25 heavy (non-hydrogen) atoms. The summed E-state index contributed by atoms with van der Waals surface area (Å²) in [5, 5.41) is 9.17. The molecule has 2 aliphatic heterocycles. The summed E-state index contributed by atoms with van der Waals surface area (Å²) in [7, 11) is -3.18. The predicted molar refractivity (Wildman–Crippen MR) is 86.7 cm³/mol. The summed E-state index contributed by atoms with van der Waals surface area (Å²) >= 11 is 0. The summed E-state index contributed by atoms with van der Waals surface area (Å²) < 4.78 is 62.8. The van der Waals surface area contributed by atoms with Crippen molar-refractivity contribution in [1.29, 1.82) is 0 Å². The van der Waals surface area contributed by atoms with Gasteiger partial charge in [-0.05, 0) is 11.6 Å². The highest BCUT2D eigenvalue weighted by Gasteiger charge is 2.46. The van der Waals surface area contributed by atoms with E-state index >= 15 is 0 Å². The average molecular weight is 378 g/mol. The van der Waals surface area contributed by atoms with Gasteiger partial charge in [-0.2, -0.15) is 13.2 Å². The van der Waals surface area contributed by atoms with E-state index in [4.69, 9.17) is 5.11 Å². The second-order valence-corrected chi connectivity index (χ2v) is 8.79. The SMILES string of the molecule is O=S1(=O)C[C@@H]2[C@H](C1)N(Cc1cccc(C(F)(F)F)c1)CCN2CCO. The first kappa shape index (κ1) is 18.6. The van der Waals surface area contributed by atoms with Gasteiger partial charge in [0.1, 0.15) is 0 Å². The van der Waals surface area contributed by atoms with Crippen LogP contribution < -0.4 is 0 Å². The van der Waals surface area contributed by atoms with Gasteiger partial charge in [-0.1, -0.05) is 18.2 Å². The molecular weight excluding hydrogens is 357 g/mol. The van der Waals surface area contributed by atoms with Gasteiger partial charge in [0.25, 0.3) is 0 Å². The fraction of sp³-hybridized carbons (Fsp3) is 0.625. The maximum absolute atomic E-state index is 12.9. The van der Waals surface area contributed by atoms with Crippen molar-refractivity contribution in [1.82, 2.24) is 9.80 Å². The zero-order valence-electron chi connectivity index (χ0n) is 13.6. The van der Waals surface area contributed by atoms with Gasteiger partial charge < -0.3 is 5.11 Å². The van der Waals surface area contributed by atoms with Crippen LogP contribution in [-0.2, 0) is 22.6 Å². The number of alkyl halides is 3. The van der Waals surface area contributed by atoms with Gasteiger partial charge in [-0.3, -0.25) is 9.80 Å². The Morgan fingerprint density at radius 2 is 1.76 bits per heavy atom. The molecule has 2 aliphatic rings. The molecular formula is C16H21F3N2O3S. The fourth-order valence-electron chi connectivity index (χ4n) is 3.78. The highest BCUT2D eigenvalue weighted by molar-refractivity contribution is 7.91. The zero-order valence-corrected chi connectivity index (χ0v) is 14.4. The summed E-state index contributed by atoms with van der Waals surface area (Å²) in [6.07, 6.45) is -4.39. The van der Waals surface area contributed by atoms with Crippen molar-refractivity contribution in [3.05, 3.63) is 35.4 Å². The van der Waals surface area contributed by atoms with Gasteiger partial charge in [-0.25, -0.2) is 8.42 Å². The maximum Gasteiger partial charge on any atom is 0.416 e. The van der Waals surface area contributed by atoms with E-state index in [9.17, 15) is 21.6 Å². The molecule has 2 saturated heterocycles. The van der Waals surface area contributed by atoms with E-state index in [2.05, 4.69) is 0 Å². The van der Waals surface area contributed by atoms with Crippen LogP contribution in [0.25, 0.3) is 0 Å². The molecule has 2 fully saturated rings.